The van der Waals surface area contributed by atoms with E-state index in [9.17, 15) is 23.2 Å². The van der Waals surface area contributed by atoms with Gasteiger partial charge in [0.05, 0.1) is 12.7 Å². The summed E-state index contributed by atoms with van der Waals surface area (Å²) in [5.74, 6) is -4.45. The highest BCUT2D eigenvalue weighted by Crippen LogP contribution is 2.25. The molecule has 0 spiro atoms. The summed E-state index contributed by atoms with van der Waals surface area (Å²) in [4.78, 5) is 43.8. The molecule has 0 radical (unpaired) electrons. The summed E-state index contributed by atoms with van der Waals surface area (Å²) in [5, 5.41) is 7.58. The second-order valence-corrected chi connectivity index (χ2v) is 7.94. The molecule has 0 bridgehead atoms. The lowest BCUT2D eigenvalue weighted by Gasteiger charge is -2.17. The Morgan fingerprint density at radius 2 is 1.69 bits per heavy atom. The van der Waals surface area contributed by atoms with Crippen LogP contribution < -0.4 is 21.5 Å². The maximum Gasteiger partial charge on any atom is 0.306 e. The fourth-order valence-electron chi connectivity index (χ4n) is 3.12. The molecule has 35 heavy (non-hydrogen) atoms. The van der Waals surface area contributed by atoms with Crippen LogP contribution >= 0.6 is 11.6 Å². The van der Waals surface area contributed by atoms with Crippen molar-refractivity contribution in [3.8, 4) is 0 Å². The van der Waals surface area contributed by atoms with E-state index in [1.807, 2.05) is 12.1 Å². The Morgan fingerprint density at radius 3 is 2.31 bits per heavy atom. The van der Waals surface area contributed by atoms with Gasteiger partial charge in [0, 0.05) is 26.2 Å². The van der Waals surface area contributed by atoms with Crippen molar-refractivity contribution in [3.05, 3.63) is 87.2 Å². The summed E-state index contributed by atoms with van der Waals surface area (Å²) in [6.07, 6.45) is 2.34. The van der Waals surface area contributed by atoms with Gasteiger partial charge in [0.1, 0.15) is 17.4 Å². The number of hydrogen-bond acceptors (Lipinski definition) is 6. The number of anilines is 1. The highest BCUT2D eigenvalue weighted by atomic mass is 35.5. The number of carbonyl (C=O) groups is 2. The van der Waals surface area contributed by atoms with Crippen LogP contribution in [-0.4, -0.2) is 32.9 Å². The first-order valence-electron chi connectivity index (χ1n) is 10.5. The van der Waals surface area contributed by atoms with Crippen molar-refractivity contribution in [2.45, 2.75) is 32.5 Å². The molecule has 0 aliphatic rings. The van der Waals surface area contributed by atoms with E-state index in [1.54, 1.807) is 12.1 Å². The first-order valence-corrected chi connectivity index (χ1v) is 10.9. The van der Waals surface area contributed by atoms with Crippen LogP contribution in [0.25, 0.3) is 0 Å². The second-order valence-electron chi connectivity index (χ2n) is 7.55. The second kappa shape index (κ2) is 11.5. The Labute approximate surface area is 204 Å². The standard InChI is InChI=1S/C23H23ClF2N6O3/c1-15(33)28-10-16-6-2-3-7-17(16)11-29-20(34)13-32-19(24)12-30-21(22(32)35)31-14-23(25,26)18-8-4-5-9-27-18/h2-9,12H,10-11,13-14H2,1H3,(H,28,33)(H,29,34)(H,30,31). The highest BCUT2D eigenvalue weighted by Gasteiger charge is 2.33. The molecule has 2 aromatic heterocycles. The van der Waals surface area contributed by atoms with Crippen LogP contribution in [0.2, 0.25) is 5.15 Å². The van der Waals surface area contributed by atoms with Gasteiger partial charge in [-0.25, -0.2) is 4.98 Å². The molecule has 3 aromatic rings. The minimum atomic E-state index is -3.36. The number of nitrogens with one attached hydrogen (secondary N) is 3. The molecule has 0 unspecified atom stereocenters. The SMILES string of the molecule is CC(=O)NCc1ccccc1CNC(=O)Cn1c(Cl)cnc(NCC(F)(F)c2ccccn2)c1=O. The molecule has 184 valence electrons. The number of hydrogen-bond donors (Lipinski definition) is 3. The summed E-state index contributed by atoms with van der Waals surface area (Å²) in [6.45, 7) is 0.483. The van der Waals surface area contributed by atoms with Gasteiger partial charge in [0.2, 0.25) is 11.8 Å². The molecule has 12 heteroatoms. The van der Waals surface area contributed by atoms with E-state index in [2.05, 4.69) is 25.9 Å². The maximum absolute atomic E-state index is 14.4. The molecule has 2 amide bonds. The molecule has 0 atom stereocenters. The first kappa shape index (κ1) is 25.8. The Balaban J connectivity index is 1.66. The summed E-state index contributed by atoms with van der Waals surface area (Å²) < 4.78 is 29.7. The molecule has 0 saturated heterocycles. The average molecular weight is 505 g/mol. The predicted molar refractivity (Wildman–Crippen MR) is 126 cm³/mol. The zero-order chi connectivity index (χ0) is 25.4. The topological polar surface area (TPSA) is 118 Å². The van der Waals surface area contributed by atoms with E-state index < -0.39 is 36.2 Å². The fourth-order valence-corrected chi connectivity index (χ4v) is 3.30. The number of nitrogens with zero attached hydrogens (tertiary/aromatic N) is 3. The van der Waals surface area contributed by atoms with Crippen molar-refractivity contribution in [1.82, 2.24) is 25.2 Å². The van der Waals surface area contributed by atoms with E-state index in [1.165, 1.54) is 31.3 Å². The van der Waals surface area contributed by atoms with Gasteiger partial charge in [-0.2, -0.15) is 8.78 Å². The molecular weight excluding hydrogens is 482 g/mol. The van der Waals surface area contributed by atoms with Crippen LogP contribution in [0.3, 0.4) is 0 Å². The number of aromatic nitrogens is 3. The number of alkyl halides is 2. The van der Waals surface area contributed by atoms with Gasteiger partial charge in [0.25, 0.3) is 5.56 Å². The fraction of sp³-hybridized carbons (Fsp3) is 0.261. The zero-order valence-electron chi connectivity index (χ0n) is 18.7. The Kier molecular flexibility index (Phi) is 8.48. The molecule has 3 rings (SSSR count). The number of carbonyl (C=O) groups excluding carboxylic acids is 2. The van der Waals surface area contributed by atoms with Crippen LogP contribution in [0.5, 0.6) is 0 Å². The van der Waals surface area contributed by atoms with Gasteiger partial charge in [-0.05, 0) is 23.3 Å². The van der Waals surface area contributed by atoms with Crippen molar-refractivity contribution in [3.63, 3.8) is 0 Å². The molecule has 1 aromatic carbocycles. The van der Waals surface area contributed by atoms with Crippen molar-refractivity contribution in [1.29, 1.82) is 0 Å². The van der Waals surface area contributed by atoms with E-state index >= 15 is 0 Å². The third-order valence-corrected chi connectivity index (χ3v) is 5.25. The lowest BCUT2D eigenvalue weighted by atomic mass is 10.1. The van der Waals surface area contributed by atoms with Crippen LogP contribution in [0.4, 0.5) is 14.6 Å². The predicted octanol–water partition coefficient (Wildman–Crippen LogP) is 2.45. The van der Waals surface area contributed by atoms with Crippen molar-refractivity contribution < 1.29 is 18.4 Å². The van der Waals surface area contributed by atoms with Crippen molar-refractivity contribution >= 4 is 29.2 Å². The van der Waals surface area contributed by atoms with Crippen molar-refractivity contribution in [2.75, 3.05) is 11.9 Å². The molecule has 3 N–H and O–H groups in total. The summed E-state index contributed by atoms with van der Waals surface area (Å²) >= 11 is 6.04. The van der Waals surface area contributed by atoms with E-state index in [4.69, 9.17) is 11.6 Å². The van der Waals surface area contributed by atoms with Gasteiger partial charge in [0.15, 0.2) is 5.82 Å². The summed E-state index contributed by atoms with van der Waals surface area (Å²) in [6, 6.07) is 11.3. The van der Waals surface area contributed by atoms with E-state index in [-0.39, 0.29) is 23.4 Å². The Bertz CT molecular complexity index is 1250. The van der Waals surface area contributed by atoms with Gasteiger partial charge in [-0.15, -0.1) is 0 Å². The van der Waals surface area contributed by atoms with Gasteiger partial charge < -0.3 is 16.0 Å². The Morgan fingerprint density at radius 1 is 1.03 bits per heavy atom. The van der Waals surface area contributed by atoms with Gasteiger partial charge >= 0.3 is 5.92 Å². The van der Waals surface area contributed by atoms with Crippen LogP contribution in [0, 0.1) is 0 Å². The summed E-state index contributed by atoms with van der Waals surface area (Å²) in [5.41, 5.74) is 0.319. The maximum atomic E-state index is 14.4. The largest absolute Gasteiger partial charge is 0.359 e. The molecule has 9 nitrogen and oxygen atoms in total. The van der Waals surface area contributed by atoms with Crippen LogP contribution in [0.15, 0.2) is 59.7 Å². The van der Waals surface area contributed by atoms with Gasteiger partial charge in [-0.3, -0.25) is 23.9 Å². The molecule has 0 aliphatic heterocycles. The summed E-state index contributed by atoms with van der Waals surface area (Å²) in [7, 11) is 0. The minimum absolute atomic E-state index is 0.127. The lowest BCUT2D eigenvalue weighted by Crippen LogP contribution is -2.35. The van der Waals surface area contributed by atoms with E-state index in [0.717, 1.165) is 21.9 Å². The molecule has 2 heterocycles. The quantitative estimate of drug-likeness (QED) is 0.390. The Hall–Kier alpha value is -3.86. The molecular formula is C23H23ClF2N6O3. The highest BCUT2D eigenvalue weighted by molar-refractivity contribution is 6.29. The normalized spacial score (nSPS) is 11.1. The number of benzene rings is 1. The van der Waals surface area contributed by atoms with E-state index in [0.29, 0.717) is 6.54 Å². The van der Waals surface area contributed by atoms with Crippen LogP contribution in [0.1, 0.15) is 23.7 Å². The third kappa shape index (κ3) is 7.06. The smallest absolute Gasteiger partial charge is 0.306 e. The number of rotatable bonds is 10. The van der Waals surface area contributed by atoms with Crippen molar-refractivity contribution in [2.24, 2.45) is 0 Å². The van der Waals surface area contributed by atoms with Gasteiger partial charge in [-0.1, -0.05) is 41.9 Å². The third-order valence-electron chi connectivity index (χ3n) is 4.95. The number of amides is 2. The number of halogens is 3. The minimum Gasteiger partial charge on any atom is -0.359 e. The average Bonchev–Trinajstić information content (AvgIpc) is 2.84. The molecule has 0 saturated carbocycles. The molecule has 0 aliphatic carbocycles. The monoisotopic (exact) mass is 504 g/mol. The lowest BCUT2D eigenvalue weighted by molar-refractivity contribution is -0.122. The number of pyridine rings is 1. The zero-order valence-corrected chi connectivity index (χ0v) is 19.5. The van der Waals surface area contributed by atoms with Crippen LogP contribution in [-0.2, 0) is 35.1 Å². The first-order chi connectivity index (χ1) is 16.7. The molecule has 0 fully saturated rings.